The summed E-state index contributed by atoms with van der Waals surface area (Å²) in [5, 5.41) is 5.93. The van der Waals surface area contributed by atoms with Gasteiger partial charge in [0.15, 0.2) is 0 Å². The van der Waals surface area contributed by atoms with Crippen molar-refractivity contribution in [2.75, 3.05) is 18.2 Å². The van der Waals surface area contributed by atoms with Gasteiger partial charge in [0.25, 0.3) is 0 Å². The van der Waals surface area contributed by atoms with Crippen LogP contribution in [-0.4, -0.2) is 31.1 Å². The molecule has 1 unspecified atom stereocenters. The van der Waals surface area contributed by atoms with E-state index in [-0.39, 0.29) is 17.2 Å². The van der Waals surface area contributed by atoms with E-state index >= 15 is 0 Å². The Morgan fingerprint density at radius 1 is 1.40 bits per heavy atom. The lowest BCUT2D eigenvalue weighted by molar-refractivity contribution is -0.121. The molecule has 0 bridgehead atoms. The zero-order chi connectivity index (χ0) is 14.7. The van der Waals surface area contributed by atoms with E-state index in [2.05, 4.69) is 15.4 Å². The third-order valence-electron chi connectivity index (χ3n) is 3.20. The van der Waals surface area contributed by atoms with Crippen molar-refractivity contribution in [3.05, 3.63) is 23.8 Å². The number of nitrogens with one attached hydrogen (secondary N) is 2. The minimum Gasteiger partial charge on any atom is -0.465 e. The van der Waals surface area contributed by atoms with Crippen LogP contribution in [0.2, 0.25) is 0 Å². The molecule has 2 rings (SSSR count). The number of ether oxygens (including phenoxy) is 1. The summed E-state index contributed by atoms with van der Waals surface area (Å²) in [5.41, 5.74) is 7.04. The molecule has 1 saturated carbocycles. The summed E-state index contributed by atoms with van der Waals surface area (Å²) >= 11 is 0. The maximum atomic E-state index is 11.9. The van der Waals surface area contributed by atoms with Gasteiger partial charge in [-0.05, 0) is 31.9 Å². The molecule has 1 atom stereocenters. The van der Waals surface area contributed by atoms with E-state index in [1.807, 2.05) is 0 Å². The number of hydrogen-bond donors (Lipinski definition) is 3. The largest absolute Gasteiger partial charge is 0.465 e. The number of carbonyl (C=O) groups is 2. The van der Waals surface area contributed by atoms with Crippen molar-refractivity contribution < 1.29 is 14.3 Å². The molecule has 0 aliphatic heterocycles. The average Bonchev–Trinajstić information content (AvgIpc) is 3.24. The molecule has 0 saturated heterocycles. The number of para-hydroxylation sites is 1. The highest BCUT2D eigenvalue weighted by molar-refractivity contribution is 5.98. The van der Waals surface area contributed by atoms with Crippen LogP contribution in [0.1, 0.15) is 30.1 Å². The van der Waals surface area contributed by atoms with Crippen LogP contribution in [0.25, 0.3) is 0 Å². The molecule has 0 heterocycles. The van der Waals surface area contributed by atoms with Crippen molar-refractivity contribution in [3.8, 4) is 0 Å². The van der Waals surface area contributed by atoms with Crippen LogP contribution < -0.4 is 16.4 Å². The van der Waals surface area contributed by atoms with Crippen molar-refractivity contribution in [1.29, 1.82) is 0 Å². The van der Waals surface area contributed by atoms with E-state index in [4.69, 9.17) is 5.73 Å². The number of nitrogens with two attached hydrogens (primary N) is 1. The van der Waals surface area contributed by atoms with E-state index in [9.17, 15) is 9.59 Å². The zero-order valence-electron chi connectivity index (χ0n) is 11.6. The van der Waals surface area contributed by atoms with Gasteiger partial charge in [-0.25, -0.2) is 4.79 Å². The zero-order valence-corrected chi connectivity index (χ0v) is 11.6. The fourth-order valence-electron chi connectivity index (χ4n) is 1.83. The normalized spacial score (nSPS) is 15.3. The number of hydrogen-bond acceptors (Lipinski definition) is 5. The monoisotopic (exact) mass is 277 g/mol. The molecule has 1 aliphatic rings. The van der Waals surface area contributed by atoms with Crippen LogP contribution in [0.4, 0.5) is 11.4 Å². The van der Waals surface area contributed by atoms with Gasteiger partial charge in [0, 0.05) is 6.04 Å². The number of methoxy groups -OCH3 is 1. The first-order chi connectivity index (χ1) is 9.52. The Kier molecular flexibility index (Phi) is 4.12. The summed E-state index contributed by atoms with van der Waals surface area (Å²) in [5.74, 6) is -0.573. The molecule has 1 aliphatic carbocycles. The van der Waals surface area contributed by atoms with Gasteiger partial charge in [-0.2, -0.15) is 0 Å². The third-order valence-corrected chi connectivity index (χ3v) is 3.20. The Labute approximate surface area is 117 Å². The summed E-state index contributed by atoms with van der Waals surface area (Å²) in [7, 11) is 1.30. The van der Waals surface area contributed by atoms with Gasteiger partial charge in [0.05, 0.1) is 24.0 Å². The molecule has 0 aromatic heterocycles. The molecule has 6 nitrogen and oxygen atoms in total. The topological polar surface area (TPSA) is 93.4 Å². The maximum absolute atomic E-state index is 11.9. The van der Waals surface area contributed by atoms with Gasteiger partial charge in [0.1, 0.15) is 6.04 Å². The molecule has 20 heavy (non-hydrogen) atoms. The number of carbonyl (C=O) groups excluding carboxylic acids is 2. The van der Waals surface area contributed by atoms with E-state index in [1.54, 1.807) is 25.1 Å². The molecule has 1 fully saturated rings. The van der Waals surface area contributed by atoms with Crippen LogP contribution in [0.3, 0.4) is 0 Å². The molecule has 0 spiro atoms. The first kappa shape index (κ1) is 14.2. The molecule has 0 radical (unpaired) electrons. The lowest BCUT2D eigenvalue weighted by atomic mass is 10.1. The summed E-state index contributed by atoms with van der Waals surface area (Å²) < 4.78 is 4.66. The highest BCUT2D eigenvalue weighted by atomic mass is 16.5. The standard InChI is InChI=1S/C14H19N3O3/c1-8(13(18)17-9-6-7-9)16-11-5-3-4-10(12(11)15)14(19)20-2/h3-5,8-9,16H,6-7,15H2,1-2H3,(H,17,18). The van der Waals surface area contributed by atoms with Gasteiger partial charge >= 0.3 is 5.97 Å². The molecule has 6 heteroatoms. The first-order valence-electron chi connectivity index (χ1n) is 6.56. The van der Waals surface area contributed by atoms with E-state index in [0.29, 0.717) is 11.7 Å². The molecular formula is C14H19N3O3. The van der Waals surface area contributed by atoms with Crippen LogP contribution in [0, 0.1) is 0 Å². The number of rotatable bonds is 5. The van der Waals surface area contributed by atoms with Crippen LogP contribution in [0.5, 0.6) is 0 Å². The van der Waals surface area contributed by atoms with Gasteiger partial charge in [0.2, 0.25) is 5.91 Å². The third kappa shape index (κ3) is 3.20. The van der Waals surface area contributed by atoms with Crippen molar-refractivity contribution in [2.24, 2.45) is 0 Å². The lowest BCUT2D eigenvalue weighted by Crippen LogP contribution is -2.38. The van der Waals surface area contributed by atoms with Gasteiger partial charge in [-0.15, -0.1) is 0 Å². The summed E-state index contributed by atoms with van der Waals surface area (Å²) in [6.45, 7) is 1.75. The van der Waals surface area contributed by atoms with E-state index < -0.39 is 12.0 Å². The lowest BCUT2D eigenvalue weighted by Gasteiger charge is -2.17. The summed E-state index contributed by atoms with van der Waals surface area (Å²) in [6, 6.07) is 4.89. The highest BCUT2D eigenvalue weighted by Gasteiger charge is 2.26. The van der Waals surface area contributed by atoms with Crippen molar-refractivity contribution in [3.63, 3.8) is 0 Å². The second kappa shape index (κ2) is 5.81. The predicted octanol–water partition coefficient (Wildman–Crippen LogP) is 1.13. The number of esters is 1. The number of amides is 1. The van der Waals surface area contributed by atoms with Gasteiger partial charge in [-0.1, -0.05) is 6.07 Å². The smallest absolute Gasteiger partial charge is 0.340 e. The molecular weight excluding hydrogens is 258 g/mol. The fraction of sp³-hybridized carbons (Fsp3) is 0.429. The SMILES string of the molecule is COC(=O)c1cccc(NC(C)C(=O)NC2CC2)c1N. The van der Waals surface area contributed by atoms with Crippen molar-refractivity contribution >= 4 is 23.3 Å². The van der Waals surface area contributed by atoms with Crippen molar-refractivity contribution in [1.82, 2.24) is 5.32 Å². The van der Waals surface area contributed by atoms with Gasteiger partial charge < -0.3 is 21.1 Å². The molecule has 108 valence electrons. The van der Waals surface area contributed by atoms with Gasteiger partial charge in [-0.3, -0.25) is 4.79 Å². The molecule has 1 aromatic rings. The van der Waals surface area contributed by atoms with Crippen LogP contribution in [-0.2, 0) is 9.53 Å². The second-order valence-corrected chi connectivity index (χ2v) is 4.91. The number of anilines is 2. The van der Waals surface area contributed by atoms with Crippen molar-refractivity contribution in [2.45, 2.75) is 31.8 Å². The van der Waals surface area contributed by atoms with Crippen LogP contribution >= 0.6 is 0 Å². The minimum atomic E-state index is -0.499. The van der Waals surface area contributed by atoms with Crippen LogP contribution in [0.15, 0.2) is 18.2 Å². The minimum absolute atomic E-state index is 0.0737. The Morgan fingerprint density at radius 2 is 2.10 bits per heavy atom. The number of benzene rings is 1. The van der Waals surface area contributed by atoms with E-state index in [1.165, 1.54) is 7.11 Å². The predicted molar refractivity (Wildman–Crippen MR) is 76.4 cm³/mol. The molecule has 1 aromatic carbocycles. The van der Waals surface area contributed by atoms with E-state index in [0.717, 1.165) is 12.8 Å². The Hall–Kier alpha value is -2.24. The summed E-state index contributed by atoms with van der Waals surface area (Å²) in [4.78, 5) is 23.4. The molecule has 1 amide bonds. The quantitative estimate of drug-likeness (QED) is 0.554. The number of nitrogen functional groups attached to an aromatic ring is 1. The Bertz CT molecular complexity index is 526. The fourth-order valence-corrected chi connectivity index (χ4v) is 1.83. The summed E-state index contributed by atoms with van der Waals surface area (Å²) in [6.07, 6.45) is 2.08. The first-order valence-corrected chi connectivity index (χ1v) is 6.56. The Morgan fingerprint density at radius 3 is 2.70 bits per heavy atom. The average molecular weight is 277 g/mol. The second-order valence-electron chi connectivity index (χ2n) is 4.91. The molecule has 4 N–H and O–H groups in total. The maximum Gasteiger partial charge on any atom is 0.340 e. The Balaban J connectivity index is 2.08. The highest BCUT2D eigenvalue weighted by Crippen LogP contribution is 2.24.